The molecule has 1 saturated heterocycles. The Morgan fingerprint density at radius 1 is 0.931 bits per heavy atom. The van der Waals surface area contributed by atoms with Gasteiger partial charge in [0.25, 0.3) is 0 Å². The quantitative estimate of drug-likeness (QED) is 0.612. The maximum absolute atomic E-state index is 13.1. The number of benzene rings is 2. The summed E-state index contributed by atoms with van der Waals surface area (Å²) in [6.45, 7) is 2.84. The molecule has 3 aromatic rings. The van der Waals surface area contributed by atoms with E-state index in [0.29, 0.717) is 43.6 Å². The zero-order chi connectivity index (χ0) is 20.4. The maximum atomic E-state index is 13.1. The van der Waals surface area contributed by atoms with Crippen LogP contribution < -0.4 is 5.63 Å². The highest BCUT2D eigenvalue weighted by atomic mass is 32.2. The number of hydrogen-bond donors (Lipinski definition) is 0. The third kappa shape index (κ3) is 4.39. The Balaban J connectivity index is 1.49. The predicted octanol–water partition coefficient (Wildman–Crippen LogP) is 2.83. The van der Waals surface area contributed by atoms with Gasteiger partial charge >= 0.3 is 5.63 Å². The van der Waals surface area contributed by atoms with Gasteiger partial charge in [-0.1, -0.05) is 12.1 Å². The van der Waals surface area contributed by atoms with Crippen LogP contribution >= 0.6 is 0 Å². The van der Waals surface area contributed by atoms with Gasteiger partial charge in [0.05, 0.1) is 4.90 Å². The highest BCUT2D eigenvalue weighted by molar-refractivity contribution is 7.89. The smallest absolute Gasteiger partial charge is 0.336 e. The van der Waals surface area contributed by atoms with Gasteiger partial charge in [0, 0.05) is 37.6 Å². The van der Waals surface area contributed by atoms with Crippen LogP contribution in [0.5, 0.6) is 0 Å². The molecule has 2 heterocycles. The van der Waals surface area contributed by atoms with Gasteiger partial charge in [0.2, 0.25) is 10.0 Å². The molecule has 29 heavy (non-hydrogen) atoms. The minimum absolute atomic E-state index is 0.186. The van der Waals surface area contributed by atoms with Gasteiger partial charge in [0.15, 0.2) is 0 Å². The van der Waals surface area contributed by atoms with Crippen LogP contribution in [0.3, 0.4) is 0 Å². The summed E-state index contributed by atoms with van der Waals surface area (Å²) in [5, 5.41) is 0.568. The van der Waals surface area contributed by atoms with E-state index in [0.717, 1.165) is 12.1 Å². The molecular formula is C21H21FN2O4S. The van der Waals surface area contributed by atoms with E-state index in [4.69, 9.17) is 4.42 Å². The highest BCUT2D eigenvalue weighted by Gasteiger charge is 2.27. The van der Waals surface area contributed by atoms with Crippen molar-refractivity contribution in [3.05, 3.63) is 76.4 Å². The Labute approximate surface area is 168 Å². The topological polar surface area (TPSA) is 70.8 Å². The van der Waals surface area contributed by atoms with E-state index in [1.165, 1.54) is 40.7 Å². The summed E-state index contributed by atoms with van der Waals surface area (Å²) in [6.07, 6.45) is 0.711. The maximum Gasteiger partial charge on any atom is 0.336 e. The van der Waals surface area contributed by atoms with Crippen LogP contribution in [-0.4, -0.2) is 43.8 Å². The normalized spacial score (nSPS) is 16.7. The highest BCUT2D eigenvalue weighted by Crippen LogP contribution is 2.22. The van der Waals surface area contributed by atoms with Gasteiger partial charge in [-0.2, -0.15) is 4.31 Å². The number of nitrogens with zero attached hydrogens (tertiary/aromatic N) is 2. The van der Waals surface area contributed by atoms with E-state index in [1.54, 1.807) is 18.2 Å². The third-order valence-electron chi connectivity index (χ3n) is 5.10. The first-order chi connectivity index (χ1) is 13.9. The summed E-state index contributed by atoms with van der Waals surface area (Å²) in [5.41, 5.74) is 0.887. The monoisotopic (exact) mass is 416 g/mol. The molecule has 6 nitrogen and oxygen atoms in total. The minimum atomic E-state index is -3.65. The average Bonchev–Trinajstić information content (AvgIpc) is 2.95. The molecule has 1 fully saturated rings. The second kappa shape index (κ2) is 8.06. The molecule has 0 bridgehead atoms. The fourth-order valence-corrected chi connectivity index (χ4v) is 5.06. The van der Waals surface area contributed by atoms with Crippen molar-refractivity contribution in [3.8, 4) is 0 Å². The largest absolute Gasteiger partial charge is 0.423 e. The van der Waals surface area contributed by atoms with Crippen molar-refractivity contribution in [2.75, 3.05) is 26.2 Å². The number of halogens is 1. The second-order valence-electron chi connectivity index (χ2n) is 7.11. The van der Waals surface area contributed by atoms with Crippen LogP contribution in [0.25, 0.3) is 11.0 Å². The lowest BCUT2D eigenvalue weighted by Crippen LogP contribution is -2.35. The van der Waals surface area contributed by atoms with Crippen molar-refractivity contribution in [2.45, 2.75) is 17.9 Å². The molecule has 0 unspecified atom stereocenters. The van der Waals surface area contributed by atoms with Gasteiger partial charge in [0.1, 0.15) is 11.4 Å². The van der Waals surface area contributed by atoms with Gasteiger partial charge in [-0.3, -0.25) is 4.90 Å². The summed E-state index contributed by atoms with van der Waals surface area (Å²) in [7, 11) is -3.65. The molecule has 1 aliphatic rings. The van der Waals surface area contributed by atoms with Crippen LogP contribution in [0.1, 0.15) is 12.0 Å². The number of fused-ring (bicyclic) bond motifs is 1. The molecule has 4 rings (SSSR count). The van der Waals surface area contributed by atoms with Crippen LogP contribution in [0.2, 0.25) is 0 Å². The van der Waals surface area contributed by atoms with Crippen molar-refractivity contribution >= 4 is 21.0 Å². The molecular weight excluding hydrogens is 395 g/mol. The number of rotatable bonds is 4. The Morgan fingerprint density at radius 2 is 1.72 bits per heavy atom. The summed E-state index contributed by atoms with van der Waals surface area (Å²) < 4.78 is 45.9. The lowest BCUT2D eigenvalue weighted by Gasteiger charge is -2.22. The molecule has 0 spiro atoms. The van der Waals surface area contributed by atoms with E-state index >= 15 is 0 Å². The molecule has 1 aliphatic heterocycles. The van der Waals surface area contributed by atoms with Gasteiger partial charge in [-0.05, 0) is 54.9 Å². The molecule has 0 saturated carbocycles. The van der Waals surface area contributed by atoms with E-state index in [1.807, 2.05) is 0 Å². The van der Waals surface area contributed by atoms with Gasteiger partial charge in [-0.15, -0.1) is 0 Å². The SMILES string of the molecule is O=c1ccc2cc(S(=O)(=O)N3CCCN(Cc4ccc(F)cc4)CC3)ccc2o1. The summed E-state index contributed by atoms with van der Waals surface area (Å²) in [5.74, 6) is -0.267. The van der Waals surface area contributed by atoms with Crippen molar-refractivity contribution in [3.63, 3.8) is 0 Å². The van der Waals surface area contributed by atoms with Crippen LogP contribution in [0, 0.1) is 5.82 Å². The Morgan fingerprint density at radius 3 is 2.52 bits per heavy atom. The van der Waals surface area contributed by atoms with Crippen molar-refractivity contribution in [2.24, 2.45) is 0 Å². The zero-order valence-electron chi connectivity index (χ0n) is 15.8. The minimum Gasteiger partial charge on any atom is -0.423 e. The number of hydrogen-bond acceptors (Lipinski definition) is 5. The van der Waals surface area contributed by atoms with E-state index in [-0.39, 0.29) is 10.7 Å². The molecule has 0 amide bonds. The standard InChI is InChI=1S/C21H21FN2O4S/c22-18-5-2-16(3-6-18)15-23-10-1-11-24(13-12-23)29(26,27)19-7-8-20-17(14-19)4-9-21(25)28-20/h2-9,14H,1,10-13,15H2. The first-order valence-electron chi connectivity index (χ1n) is 9.43. The fourth-order valence-electron chi connectivity index (χ4n) is 3.55. The van der Waals surface area contributed by atoms with Gasteiger partial charge < -0.3 is 4.42 Å². The molecule has 8 heteroatoms. The molecule has 0 N–H and O–H groups in total. The zero-order valence-corrected chi connectivity index (χ0v) is 16.6. The van der Waals surface area contributed by atoms with Crippen LogP contribution in [0.4, 0.5) is 4.39 Å². The van der Waals surface area contributed by atoms with Crippen molar-refractivity contribution in [1.29, 1.82) is 0 Å². The molecule has 0 radical (unpaired) electrons. The summed E-state index contributed by atoms with van der Waals surface area (Å²) in [6, 6.07) is 13.7. The van der Waals surface area contributed by atoms with Crippen LogP contribution in [-0.2, 0) is 16.6 Å². The predicted molar refractivity (Wildman–Crippen MR) is 108 cm³/mol. The summed E-state index contributed by atoms with van der Waals surface area (Å²) >= 11 is 0. The molecule has 0 atom stereocenters. The van der Waals surface area contributed by atoms with Gasteiger partial charge in [-0.25, -0.2) is 17.6 Å². The fraction of sp³-hybridized carbons (Fsp3) is 0.286. The third-order valence-corrected chi connectivity index (χ3v) is 6.99. The lowest BCUT2D eigenvalue weighted by molar-refractivity contribution is 0.278. The average molecular weight is 416 g/mol. The number of sulfonamides is 1. The van der Waals surface area contributed by atoms with Crippen LogP contribution in [0.15, 0.2) is 68.7 Å². The molecule has 2 aromatic carbocycles. The van der Waals surface area contributed by atoms with E-state index < -0.39 is 15.6 Å². The first kappa shape index (κ1) is 19.8. The lowest BCUT2D eigenvalue weighted by atomic mass is 10.2. The van der Waals surface area contributed by atoms with E-state index in [2.05, 4.69) is 4.90 Å². The molecule has 0 aliphatic carbocycles. The molecule has 152 valence electrons. The Hall–Kier alpha value is -2.55. The van der Waals surface area contributed by atoms with E-state index in [9.17, 15) is 17.6 Å². The summed E-state index contributed by atoms with van der Waals surface area (Å²) in [4.78, 5) is 13.7. The first-order valence-corrected chi connectivity index (χ1v) is 10.9. The van der Waals surface area contributed by atoms with Crippen molar-refractivity contribution < 1.29 is 17.2 Å². The Bertz CT molecular complexity index is 1180. The Kier molecular flexibility index (Phi) is 5.49. The molecule has 1 aromatic heterocycles. The van der Waals surface area contributed by atoms with Crippen molar-refractivity contribution in [1.82, 2.24) is 9.21 Å². The second-order valence-corrected chi connectivity index (χ2v) is 9.05.